The molecule has 0 aromatic heterocycles. The summed E-state index contributed by atoms with van der Waals surface area (Å²) < 4.78 is 19.0. The lowest BCUT2D eigenvalue weighted by molar-refractivity contribution is 0.0981. The Morgan fingerprint density at radius 2 is 2.25 bits per heavy atom. The molecule has 5 heteroatoms. The summed E-state index contributed by atoms with van der Waals surface area (Å²) >= 11 is 3.20. The Bertz CT molecular complexity index is 421. The van der Waals surface area contributed by atoms with Crippen molar-refractivity contribution in [2.45, 2.75) is 13.3 Å². The standard InChI is InChI=1S/C11H13BrFNO2/c1-6-7(12)5-8(13)11(16-2)10(6)9(15)3-4-14/h5H,3-4,14H2,1-2H3. The van der Waals surface area contributed by atoms with Crippen molar-refractivity contribution in [3.05, 3.63) is 27.5 Å². The smallest absolute Gasteiger partial charge is 0.168 e. The zero-order valence-corrected chi connectivity index (χ0v) is 10.7. The van der Waals surface area contributed by atoms with E-state index in [4.69, 9.17) is 10.5 Å². The summed E-state index contributed by atoms with van der Waals surface area (Å²) in [7, 11) is 1.34. The number of carbonyl (C=O) groups excluding carboxylic acids is 1. The molecule has 0 radical (unpaired) electrons. The largest absolute Gasteiger partial charge is 0.493 e. The molecule has 0 saturated heterocycles. The molecular weight excluding hydrogens is 277 g/mol. The first-order chi connectivity index (χ1) is 7.52. The molecule has 0 bridgehead atoms. The summed E-state index contributed by atoms with van der Waals surface area (Å²) in [5.74, 6) is -0.781. The molecule has 0 atom stereocenters. The van der Waals surface area contributed by atoms with E-state index in [1.165, 1.54) is 13.2 Å². The fourth-order valence-corrected chi connectivity index (χ4v) is 1.88. The van der Waals surface area contributed by atoms with Crippen LogP contribution in [0.15, 0.2) is 10.5 Å². The highest BCUT2D eigenvalue weighted by molar-refractivity contribution is 9.10. The SMILES string of the molecule is COc1c(F)cc(Br)c(C)c1C(=O)CCN. The number of benzene rings is 1. The van der Waals surface area contributed by atoms with Gasteiger partial charge in [0.2, 0.25) is 0 Å². The number of hydrogen-bond acceptors (Lipinski definition) is 3. The first-order valence-corrected chi connectivity index (χ1v) is 5.58. The molecule has 0 heterocycles. The molecule has 1 aromatic carbocycles. The third-order valence-corrected chi connectivity index (χ3v) is 3.11. The Morgan fingerprint density at radius 1 is 1.62 bits per heavy atom. The number of carbonyl (C=O) groups is 1. The monoisotopic (exact) mass is 289 g/mol. The molecule has 0 spiro atoms. The maximum Gasteiger partial charge on any atom is 0.168 e. The van der Waals surface area contributed by atoms with Crippen LogP contribution in [0.1, 0.15) is 22.3 Å². The van der Waals surface area contributed by atoms with Crippen molar-refractivity contribution in [2.75, 3.05) is 13.7 Å². The third-order valence-electron chi connectivity index (χ3n) is 2.29. The van der Waals surface area contributed by atoms with Crippen molar-refractivity contribution in [2.24, 2.45) is 5.73 Å². The van der Waals surface area contributed by atoms with Crippen molar-refractivity contribution in [1.29, 1.82) is 0 Å². The first kappa shape index (κ1) is 13.1. The van der Waals surface area contributed by atoms with Crippen molar-refractivity contribution in [3.63, 3.8) is 0 Å². The Kier molecular flexibility index (Phi) is 4.44. The van der Waals surface area contributed by atoms with E-state index in [1.807, 2.05) is 0 Å². The van der Waals surface area contributed by atoms with Gasteiger partial charge in [0.15, 0.2) is 17.3 Å². The van der Waals surface area contributed by atoms with Gasteiger partial charge in [0, 0.05) is 10.9 Å². The second-order valence-electron chi connectivity index (χ2n) is 3.34. The molecule has 0 saturated carbocycles. The predicted octanol–water partition coefficient (Wildman–Crippen LogP) is 2.44. The maximum atomic E-state index is 13.6. The van der Waals surface area contributed by atoms with Crippen LogP contribution < -0.4 is 10.5 Å². The van der Waals surface area contributed by atoms with E-state index >= 15 is 0 Å². The average molecular weight is 290 g/mol. The van der Waals surface area contributed by atoms with E-state index in [0.717, 1.165) is 0 Å². The van der Waals surface area contributed by atoms with E-state index in [2.05, 4.69) is 15.9 Å². The highest BCUT2D eigenvalue weighted by atomic mass is 79.9. The number of Topliss-reactive ketones (excluding diaryl/α,β-unsaturated/α-hetero) is 1. The molecule has 0 aliphatic carbocycles. The van der Waals surface area contributed by atoms with Gasteiger partial charge in [-0.05, 0) is 25.1 Å². The highest BCUT2D eigenvalue weighted by Gasteiger charge is 2.20. The van der Waals surface area contributed by atoms with Gasteiger partial charge in [0.05, 0.1) is 12.7 Å². The number of halogens is 2. The molecule has 0 unspecified atom stereocenters. The third kappa shape index (κ3) is 2.41. The summed E-state index contributed by atoms with van der Waals surface area (Å²) in [5.41, 5.74) is 6.24. The molecule has 2 N–H and O–H groups in total. The van der Waals surface area contributed by atoms with Gasteiger partial charge in [-0.1, -0.05) is 15.9 Å². The van der Waals surface area contributed by atoms with Crippen molar-refractivity contribution >= 4 is 21.7 Å². The number of methoxy groups -OCH3 is 1. The molecule has 3 nitrogen and oxygen atoms in total. The summed E-state index contributed by atoms with van der Waals surface area (Å²) in [4.78, 5) is 11.8. The number of hydrogen-bond donors (Lipinski definition) is 1. The van der Waals surface area contributed by atoms with Gasteiger partial charge in [-0.3, -0.25) is 4.79 Å². The summed E-state index contributed by atoms with van der Waals surface area (Å²) in [6, 6.07) is 1.29. The molecule has 88 valence electrons. The van der Waals surface area contributed by atoms with E-state index in [-0.39, 0.29) is 30.1 Å². The van der Waals surface area contributed by atoms with Crippen LogP contribution in [0.4, 0.5) is 4.39 Å². The van der Waals surface area contributed by atoms with Crippen LogP contribution in [0.3, 0.4) is 0 Å². The Morgan fingerprint density at radius 3 is 2.75 bits per heavy atom. The zero-order valence-electron chi connectivity index (χ0n) is 9.14. The van der Waals surface area contributed by atoms with Gasteiger partial charge in [-0.2, -0.15) is 0 Å². The van der Waals surface area contributed by atoms with Crippen molar-refractivity contribution < 1.29 is 13.9 Å². The molecule has 0 amide bonds. The molecule has 0 aliphatic rings. The minimum absolute atomic E-state index is 0.0147. The average Bonchev–Trinajstić information content (AvgIpc) is 2.23. The lowest BCUT2D eigenvalue weighted by atomic mass is 10.0. The second-order valence-corrected chi connectivity index (χ2v) is 4.19. The summed E-state index contributed by atoms with van der Waals surface area (Å²) in [6.07, 6.45) is 0.174. The minimum Gasteiger partial charge on any atom is -0.493 e. The quantitative estimate of drug-likeness (QED) is 0.866. The number of rotatable bonds is 4. The molecular formula is C11H13BrFNO2. The molecule has 1 rings (SSSR count). The highest BCUT2D eigenvalue weighted by Crippen LogP contribution is 2.32. The Labute approximate surface area is 102 Å². The fourth-order valence-electron chi connectivity index (χ4n) is 1.49. The van der Waals surface area contributed by atoms with Crippen LogP contribution in [-0.4, -0.2) is 19.4 Å². The van der Waals surface area contributed by atoms with Crippen molar-refractivity contribution in [3.8, 4) is 5.75 Å². The normalized spacial score (nSPS) is 10.3. The maximum absolute atomic E-state index is 13.6. The second kappa shape index (κ2) is 5.41. The van der Waals surface area contributed by atoms with E-state index in [0.29, 0.717) is 10.0 Å². The number of ether oxygens (including phenoxy) is 1. The van der Waals surface area contributed by atoms with Gasteiger partial charge in [0.1, 0.15) is 0 Å². The van der Waals surface area contributed by atoms with Crippen LogP contribution in [-0.2, 0) is 0 Å². The van der Waals surface area contributed by atoms with Gasteiger partial charge in [0.25, 0.3) is 0 Å². The zero-order chi connectivity index (χ0) is 12.3. The Hall–Kier alpha value is -0.940. The predicted molar refractivity (Wildman–Crippen MR) is 63.4 cm³/mol. The van der Waals surface area contributed by atoms with Crippen LogP contribution in [0.5, 0.6) is 5.75 Å². The Balaban J connectivity index is 3.38. The first-order valence-electron chi connectivity index (χ1n) is 4.78. The van der Waals surface area contributed by atoms with Gasteiger partial charge in [-0.15, -0.1) is 0 Å². The van der Waals surface area contributed by atoms with Crippen LogP contribution in [0.25, 0.3) is 0 Å². The topological polar surface area (TPSA) is 52.3 Å². The summed E-state index contributed by atoms with van der Waals surface area (Å²) in [5, 5.41) is 0. The minimum atomic E-state index is -0.555. The van der Waals surface area contributed by atoms with Gasteiger partial charge >= 0.3 is 0 Å². The molecule has 16 heavy (non-hydrogen) atoms. The van der Waals surface area contributed by atoms with E-state index in [1.54, 1.807) is 6.92 Å². The molecule has 0 fully saturated rings. The van der Waals surface area contributed by atoms with Crippen LogP contribution in [0, 0.1) is 12.7 Å². The van der Waals surface area contributed by atoms with Crippen LogP contribution >= 0.6 is 15.9 Å². The van der Waals surface area contributed by atoms with Gasteiger partial charge < -0.3 is 10.5 Å². The lowest BCUT2D eigenvalue weighted by Crippen LogP contribution is -2.12. The lowest BCUT2D eigenvalue weighted by Gasteiger charge is -2.12. The number of nitrogens with two attached hydrogens (primary N) is 1. The molecule has 1 aromatic rings. The van der Waals surface area contributed by atoms with E-state index in [9.17, 15) is 9.18 Å². The molecule has 0 aliphatic heterocycles. The van der Waals surface area contributed by atoms with E-state index < -0.39 is 5.82 Å². The summed E-state index contributed by atoms with van der Waals surface area (Å²) in [6.45, 7) is 1.96. The fraction of sp³-hybridized carbons (Fsp3) is 0.364. The number of ketones is 1. The van der Waals surface area contributed by atoms with Crippen molar-refractivity contribution in [1.82, 2.24) is 0 Å². The van der Waals surface area contributed by atoms with Crippen LogP contribution in [0.2, 0.25) is 0 Å². The van der Waals surface area contributed by atoms with Gasteiger partial charge in [-0.25, -0.2) is 4.39 Å².